The third-order valence-corrected chi connectivity index (χ3v) is 6.72. The van der Waals surface area contributed by atoms with E-state index in [-0.39, 0.29) is 12.3 Å². The van der Waals surface area contributed by atoms with E-state index in [0.717, 1.165) is 38.8 Å². The number of carbonyl (C=O) groups excluding carboxylic acids is 2. The number of amidine groups is 1. The van der Waals surface area contributed by atoms with Crippen LogP contribution in [0.3, 0.4) is 0 Å². The number of thioether (sulfide) groups is 1. The molecule has 2 aromatic carbocycles. The molecule has 2 aliphatic rings. The van der Waals surface area contributed by atoms with Crippen molar-refractivity contribution in [2.45, 2.75) is 46.6 Å². The number of ether oxygens (including phenoxy) is 1. The molecule has 1 atom stereocenters. The van der Waals surface area contributed by atoms with Crippen LogP contribution in [0.5, 0.6) is 0 Å². The lowest BCUT2D eigenvalue weighted by molar-refractivity contribution is -0.136. The van der Waals surface area contributed by atoms with Gasteiger partial charge in [0.05, 0.1) is 30.8 Å². The topological polar surface area (TPSA) is 71.0 Å². The van der Waals surface area contributed by atoms with E-state index >= 15 is 0 Å². The SMILES string of the molecule is CCC1=C(C(=O)OC)C(c2cccc(C)c2)N2C(CC(=O)Nc3cc(C)cc(C)c3)=CSC2=N1. The molecule has 7 heteroatoms. The molecule has 0 bridgehead atoms. The molecule has 1 amide bonds. The van der Waals surface area contributed by atoms with E-state index < -0.39 is 12.0 Å². The first-order chi connectivity index (χ1) is 16.3. The molecule has 4 rings (SSSR count). The first kappa shape index (κ1) is 23.8. The van der Waals surface area contributed by atoms with Crippen molar-refractivity contribution in [2.75, 3.05) is 12.4 Å². The van der Waals surface area contributed by atoms with Gasteiger partial charge in [-0.15, -0.1) is 0 Å². The van der Waals surface area contributed by atoms with Gasteiger partial charge in [-0.3, -0.25) is 4.79 Å². The molecular formula is C27H29N3O3S. The van der Waals surface area contributed by atoms with Gasteiger partial charge >= 0.3 is 5.97 Å². The van der Waals surface area contributed by atoms with Crippen molar-refractivity contribution in [1.29, 1.82) is 0 Å². The van der Waals surface area contributed by atoms with Gasteiger partial charge in [0.2, 0.25) is 5.91 Å². The van der Waals surface area contributed by atoms with Crippen molar-refractivity contribution in [2.24, 2.45) is 4.99 Å². The zero-order valence-electron chi connectivity index (χ0n) is 20.1. The summed E-state index contributed by atoms with van der Waals surface area (Å²) in [5, 5.41) is 5.74. The number of hydrogen-bond donors (Lipinski definition) is 1. The molecule has 0 saturated heterocycles. The number of nitrogens with one attached hydrogen (secondary N) is 1. The Hall–Kier alpha value is -3.32. The first-order valence-corrected chi connectivity index (χ1v) is 12.2. The average molecular weight is 476 g/mol. The number of fused-ring (bicyclic) bond motifs is 1. The molecule has 1 N–H and O–H groups in total. The van der Waals surface area contributed by atoms with Gasteiger partial charge in [-0.05, 0) is 61.4 Å². The molecule has 0 fully saturated rings. The van der Waals surface area contributed by atoms with Crippen LogP contribution in [0.25, 0.3) is 0 Å². The van der Waals surface area contributed by atoms with E-state index in [4.69, 9.17) is 9.73 Å². The average Bonchev–Trinajstić information content (AvgIpc) is 3.18. The van der Waals surface area contributed by atoms with Crippen LogP contribution in [-0.4, -0.2) is 29.1 Å². The number of benzene rings is 2. The highest BCUT2D eigenvalue weighted by Gasteiger charge is 2.41. The zero-order chi connectivity index (χ0) is 24.4. The maximum absolute atomic E-state index is 13.0. The second kappa shape index (κ2) is 9.89. The number of nitrogens with zero attached hydrogens (tertiary/aromatic N) is 2. The Labute approximate surface area is 204 Å². The van der Waals surface area contributed by atoms with E-state index in [2.05, 4.69) is 17.4 Å². The number of esters is 1. The number of allylic oxidation sites excluding steroid dienone is 1. The maximum atomic E-state index is 13.0. The standard InChI is InChI=1S/C27H29N3O3S/c1-6-22-24(26(32)33-5)25(19-9-7-8-16(2)11-19)30-21(15-34-27(30)29-22)14-23(31)28-20-12-17(3)10-18(4)13-20/h7-13,15,25H,6,14H2,1-5H3,(H,28,31). The lowest BCUT2D eigenvalue weighted by Crippen LogP contribution is -2.37. The Bertz CT molecular complexity index is 1230. The monoisotopic (exact) mass is 475 g/mol. The Morgan fingerprint density at radius 1 is 1.09 bits per heavy atom. The van der Waals surface area contributed by atoms with Crippen molar-refractivity contribution in [3.63, 3.8) is 0 Å². The molecule has 2 aromatic rings. The van der Waals surface area contributed by atoms with Crippen LogP contribution in [0.4, 0.5) is 5.69 Å². The largest absolute Gasteiger partial charge is 0.466 e. The molecule has 0 aliphatic carbocycles. The van der Waals surface area contributed by atoms with E-state index in [1.54, 1.807) is 0 Å². The molecule has 0 spiro atoms. The molecule has 0 aromatic heterocycles. The lowest BCUT2D eigenvalue weighted by atomic mass is 9.92. The summed E-state index contributed by atoms with van der Waals surface area (Å²) in [4.78, 5) is 32.8. The van der Waals surface area contributed by atoms with Crippen LogP contribution in [0.2, 0.25) is 0 Å². The predicted molar refractivity (Wildman–Crippen MR) is 137 cm³/mol. The summed E-state index contributed by atoms with van der Waals surface area (Å²) in [5.41, 5.74) is 7.05. The summed E-state index contributed by atoms with van der Waals surface area (Å²) < 4.78 is 5.17. The molecule has 0 saturated carbocycles. The molecule has 2 heterocycles. The van der Waals surface area contributed by atoms with E-state index in [1.807, 2.05) is 68.3 Å². The summed E-state index contributed by atoms with van der Waals surface area (Å²) in [5.74, 6) is -0.520. The van der Waals surface area contributed by atoms with Crippen LogP contribution in [0, 0.1) is 20.8 Å². The number of methoxy groups -OCH3 is 1. The van der Waals surface area contributed by atoms with Crippen LogP contribution < -0.4 is 5.32 Å². The van der Waals surface area contributed by atoms with Gasteiger partial charge in [0.15, 0.2) is 5.17 Å². The number of aryl methyl sites for hydroxylation is 3. The minimum Gasteiger partial charge on any atom is -0.466 e. The number of carbonyl (C=O) groups is 2. The Morgan fingerprint density at radius 3 is 2.47 bits per heavy atom. The number of rotatable bonds is 6. The minimum atomic E-state index is -0.412. The number of amides is 1. The van der Waals surface area contributed by atoms with Crippen LogP contribution >= 0.6 is 11.8 Å². The Balaban J connectivity index is 1.68. The van der Waals surface area contributed by atoms with Gasteiger partial charge in [-0.2, -0.15) is 0 Å². The van der Waals surface area contributed by atoms with Crippen LogP contribution in [0.1, 0.15) is 48.1 Å². The molecule has 34 heavy (non-hydrogen) atoms. The Morgan fingerprint density at radius 2 is 1.82 bits per heavy atom. The minimum absolute atomic E-state index is 0.119. The normalized spacial score (nSPS) is 17.2. The third kappa shape index (κ3) is 4.80. The van der Waals surface area contributed by atoms with E-state index in [1.165, 1.54) is 18.9 Å². The molecule has 0 radical (unpaired) electrons. The van der Waals surface area contributed by atoms with Gasteiger partial charge in [0.1, 0.15) is 0 Å². The predicted octanol–water partition coefficient (Wildman–Crippen LogP) is 5.78. The highest BCUT2D eigenvalue weighted by atomic mass is 32.2. The van der Waals surface area contributed by atoms with Crippen molar-refractivity contribution in [3.8, 4) is 0 Å². The second-order valence-corrected chi connectivity index (χ2v) is 9.45. The molecular weight excluding hydrogens is 446 g/mol. The molecule has 176 valence electrons. The quantitative estimate of drug-likeness (QED) is 0.537. The van der Waals surface area contributed by atoms with Crippen molar-refractivity contribution in [3.05, 3.63) is 87.1 Å². The summed E-state index contributed by atoms with van der Waals surface area (Å²) in [6.07, 6.45) is 0.768. The number of aliphatic imine (C=N–C) groups is 1. The van der Waals surface area contributed by atoms with Crippen LogP contribution in [-0.2, 0) is 14.3 Å². The summed E-state index contributed by atoms with van der Waals surface area (Å²) in [7, 11) is 1.39. The summed E-state index contributed by atoms with van der Waals surface area (Å²) in [6, 6.07) is 13.7. The van der Waals surface area contributed by atoms with E-state index in [0.29, 0.717) is 17.7 Å². The fourth-order valence-corrected chi connectivity index (χ4v) is 5.42. The highest BCUT2D eigenvalue weighted by molar-refractivity contribution is 8.16. The summed E-state index contributed by atoms with van der Waals surface area (Å²) in [6.45, 7) is 8.02. The lowest BCUT2D eigenvalue weighted by Gasteiger charge is -2.36. The van der Waals surface area contributed by atoms with Crippen molar-refractivity contribution >= 4 is 34.5 Å². The van der Waals surface area contributed by atoms with Gasteiger partial charge in [0, 0.05) is 11.4 Å². The van der Waals surface area contributed by atoms with Crippen molar-refractivity contribution < 1.29 is 14.3 Å². The first-order valence-electron chi connectivity index (χ1n) is 11.3. The van der Waals surface area contributed by atoms with Crippen LogP contribution in [0.15, 0.2) is 69.8 Å². The van der Waals surface area contributed by atoms with Gasteiger partial charge in [-0.25, -0.2) is 9.79 Å². The third-order valence-electron chi connectivity index (χ3n) is 5.83. The second-order valence-electron chi connectivity index (χ2n) is 8.61. The van der Waals surface area contributed by atoms with Gasteiger partial charge in [-0.1, -0.05) is 54.6 Å². The summed E-state index contributed by atoms with van der Waals surface area (Å²) >= 11 is 1.48. The zero-order valence-corrected chi connectivity index (χ0v) is 21.0. The fourth-order valence-electron chi connectivity index (χ4n) is 4.48. The fraction of sp³-hybridized carbons (Fsp3) is 0.296. The highest BCUT2D eigenvalue weighted by Crippen LogP contribution is 2.45. The maximum Gasteiger partial charge on any atom is 0.338 e. The molecule has 1 unspecified atom stereocenters. The number of anilines is 1. The van der Waals surface area contributed by atoms with Crippen molar-refractivity contribution in [1.82, 2.24) is 4.90 Å². The van der Waals surface area contributed by atoms with Gasteiger partial charge in [0.25, 0.3) is 0 Å². The van der Waals surface area contributed by atoms with E-state index in [9.17, 15) is 9.59 Å². The number of hydrogen-bond acceptors (Lipinski definition) is 6. The molecule has 6 nitrogen and oxygen atoms in total. The Kier molecular flexibility index (Phi) is 6.93. The molecule has 2 aliphatic heterocycles. The smallest absolute Gasteiger partial charge is 0.338 e. The van der Waals surface area contributed by atoms with Gasteiger partial charge < -0.3 is 15.0 Å².